The van der Waals surface area contributed by atoms with Gasteiger partial charge >= 0.3 is 11.9 Å². The average molecular weight is 771 g/mol. The molecule has 300 valence electrons. The summed E-state index contributed by atoms with van der Waals surface area (Å²) in [5.74, 6) is -3.99. The Morgan fingerprint density at radius 1 is 0.571 bits per heavy atom. The molecule has 5 rings (SSSR count). The summed E-state index contributed by atoms with van der Waals surface area (Å²) in [7, 11) is 3.10. The molecular weight excluding hydrogens is 716 g/mol. The molecule has 4 bridgehead atoms. The monoisotopic (exact) mass is 770 g/mol. The van der Waals surface area contributed by atoms with Crippen molar-refractivity contribution in [3.05, 3.63) is 107 Å². The normalized spacial score (nSPS) is 26.0. The molecule has 0 saturated heterocycles. The van der Waals surface area contributed by atoms with Crippen molar-refractivity contribution in [2.24, 2.45) is 0 Å². The lowest BCUT2D eigenvalue weighted by Gasteiger charge is -2.27. The molecule has 56 heavy (non-hydrogen) atoms. The molecule has 2 aromatic heterocycles. The largest absolute Gasteiger partial charge is 0.458 e. The van der Waals surface area contributed by atoms with E-state index in [1.807, 2.05) is 0 Å². The first-order chi connectivity index (χ1) is 27.3. The zero-order valence-corrected chi connectivity index (χ0v) is 32.6. The Labute approximate surface area is 329 Å². The minimum Gasteiger partial charge on any atom is -0.458 e. The predicted molar refractivity (Wildman–Crippen MR) is 206 cm³/mol. The van der Waals surface area contributed by atoms with Crippen LogP contribution in [0.5, 0.6) is 0 Å². The number of hydrogen-bond donors (Lipinski definition) is 0. The maximum atomic E-state index is 13.6. The van der Waals surface area contributed by atoms with Crippen LogP contribution in [0, 0.1) is 0 Å². The number of methoxy groups -OCH3 is 2. The first kappa shape index (κ1) is 42.2. The highest BCUT2D eigenvalue weighted by atomic mass is 16.7. The van der Waals surface area contributed by atoms with Crippen molar-refractivity contribution in [1.29, 1.82) is 0 Å². The fourth-order valence-corrected chi connectivity index (χ4v) is 6.96. The summed E-state index contributed by atoms with van der Waals surface area (Å²) in [6.45, 7) is 0.00437. The Balaban J connectivity index is 1.25. The van der Waals surface area contributed by atoms with Crippen LogP contribution in [-0.2, 0) is 60.8 Å². The highest BCUT2D eigenvalue weighted by Gasteiger charge is 2.39. The molecule has 0 spiro atoms. The lowest BCUT2D eigenvalue weighted by Crippen LogP contribution is -2.30. The zero-order chi connectivity index (χ0) is 39.6. The van der Waals surface area contributed by atoms with E-state index in [0.717, 1.165) is 75.3 Å². The minimum absolute atomic E-state index is 0.00219. The van der Waals surface area contributed by atoms with Crippen LogP contribution in [0.25, 0.3) is 0 Å². The van der Waals surface area contributed by atoms with E-state index in [2.05, 4.69) is 9.97 Å². The van der Waals surface area contributed by atoms with Crippen molar-refractivity contribution in [3.63, 3.8) is 0 Å². The number of ether oxygens (including phenoxy) is 6. The van der Waals surface area contributed by atoms with E-state index >= 15 is 0 Å². The fourth-order valence-electron chi connectivity index (χ4n) is 6.96. The molecule has 2 atom stereocenters. The third-order valence-electron chi connectivity index (χ3n) is 10.3. The highest BCUT2D eigenvalue weighted by Crippen LogP contribution is 2.36. The van der Waals surface area contributed by atoms with E-state index in [0.29, 0.717) is 25.7 Å². The number of hydrogen-bond acceptors (Lipinski definition) is 12. The van der Waals surface area contributed by atoms with E-state index in [1.54, 1.807) is 87.6 Å². The van der Waals surface area contributed by atoms with Gasteiger partial charge in [-0.3, -0.25) is 19.6 Å². The minimum atomic E-state index is -1.10. The second kappa shape index (κ2) is 21.4. The molecular formula is C44H54N2O10. The molecule has 2 unspecified atom stereocenters. The van der Waals surface area contributed by atoms with Crippen LogP contribution < -0.4 is 0 Å². The molecule has 5 heterocycles. The van der Waals surface area contributed by atoms with Crippen LogP contribution in [0.3, 0.4) is 0 Å². The molecule has 0 aromatic carbocycles. The highest BCUT2D eigenvalue weighted by molar-refractivity contribution is 6.18. The number of aromatic nitrogens is 2. The van der Waals surface area contributed by atoms with Gasteiger partial charge < -0.3 is 28.4 Å². The van der Waals surface area contributed by atoms with E-state index in [9.17, 15) is 19.2 Å². The topological polar surface area (TPSA) is 149 Å². The second-order valence-corrected chi connectivity index (χ2v) is 14.3. The van der Waals surface area contributed by atoms with Gasteiger partial charge in [0.15, 0.2) is 11.6 Å². The Morgan fingerprint density at radius 2 is 0.929 bits per heavy atom. The van der Waals surface area contributed by atoms with Gasteiger partial charge in [0.25, 0.3) is 0 Å². The van der Waals surface area contributed by atoms with Crippen LogP contribution in [0.2, 0.25) is 0 Å². The average Bonchev–Trinajstić information content (AvgIpc) is 3.84. The zero-order valence-electron chi connectivity index (χ0n) is 32.6. The first-order valence-corrected chi connectivity index (χ1v) is 19.8. The molecule has 0 N–H and O–H groups in total. The van der Waals surface area contributed by atoms with E-state index < -0.39 is 23.5 Å². The van der Waals surface area contributed by atoms with Gasteiger partial charge in [-0.15, -0.1) is 0 Å². The number of esters is 2. The maximum absolute atomic E-state index is 13.6. The van der Waals surface area contributed by atoms with Crippen molar-refractivity contribution in [1.82, 2.24) is 9.97 Å². The van der Waals surface area contributed by atoms with Gasteiger partial charge in [-0.1, -0.05) is 51.4 Å². The van der Waals surface area contributed by atoms with Gasteiger partial charge in [-0.25, -0.2) is 9.59 Å². The summed E-state index contributed by atoms with van der Waals surface area (Å²) in [4.78, 5) is 62.1. The van der Waals surface area contributed by atoms with Gasteiger partial charge in [0.1, 0.15) is 35.9 Å². The molecule has 12 heteroatoms. The number of rotatable bonds is 8. The summed E-state index contributed by atoms with van der Waals surface area (Å²) in [5.41, 5.74) is 1.32. The molecule has 0 amide bonds. The summed E-state index contributed by atoms with van der Waals surface area (Å²) >= 11 is 0. The molecule has 0 aliphatic carbocycles. The first-order valence-electron chi connectivity index (χ1n) is 19.8. The summed E-state index contributed by atoms with van der Waals surface area (Å²) in [6, 6.07) is 7.00. The maximum Gasteiger partial charge on any atom is 0.345 e. The lowest BCUT2D eigenvalue weighted by molar-refractivity contribution is -0.159. The van der Waals surface area contributed by atoms with Gasteiger partial charge in [0, 0.05) is 64.7 Å². The third kappa shape index (κ3) is 12.0. The standard InChI is InChI=1S/C44H54N2O10/c1-51-43-23-13-9-5-3-7-12-16-36(48)40(42(50)54-32-34-21-29-46-30-22-34)38-18-26-44(52-2,56-38)24-14-10-6-4-8-11-15-35(47)39(37(55-43)17-25-43)41(49)53-31-33-19-27-45-28-20-33/h17-22,25-30H,3-16,23-24,31-32H2,1-2H3/b39-37-,40-38-. The number of Topliss-reactive ketones (excluding diaryl/α,β-unsaturated/α-hetero) is 2. The SMILES string of the molecule is COC12C=C/C(=C(/C(=O)OCc3ccncc3)C(=O)CCCCCCCCC3(OC)C=C/C(=C(/C(=O)OCc4ccncc4)C(=O)CCCCCCCC1)O3)O2. The molecule has 0 radical (unpaired) electrons. The number of carbonyl (C=O) groups excluding carboxylic acids is 4. The summed E-state index contributed by atoms with van der Waals surface area (Å²) in [5, 5.41) is 0. The van der Waals surface area contributed by atoms with Crippen molar-refractivity contribution in [2.45, 2.75) is 128 Å². The Kier molecular flexibility index (Phi) is 16.1. The molecule has 2 aromatic rings. The van der Waals surface area contributed by atoms with E-state index in [-0.39, 0.29) is 60.3 Å². The number of pyridine rings is 2. The van der Waals surface area contributed by atoms with Gasteiger partial charge in [0.05, 0.1) is 0 Å². The van der Waals surface area contributed by atoms with Crippen LogP contribution in [-0.4, -0.2) is 59.3 Å². The smallest absolute Gasteiger partial charge is 0.345 e. The lowest BCUT2D eigenvalue weighted by atomic mass is 10.0. The van der Waals surface area contributed by atoms with Gasteiger partial charge in [0.2, 0.25) is 11.6 Å². The van der Waals surface area contributed by atoms with Crippen molar-refractivity contribution >= 4 is 23.5 Å². The molecule has 0 fully saturated rings. The van der Waals surface area contributed by atoms with Crippen molar-refractivity contribution < 1.29 is 47.6 Å². The quantitative estimate of drug-likeness (QED) is 0.189. The number of ketones is 2. The van der Waals surface area contributed by atoms with Crippen molar-refractivity contribution in [2.75, 3.05) is 14.2 Å². The third-order valence-corrected chi connectivity index (χ3v) is 10.3. The number of nitrogens with zero attached hydrogens (tertiary/aromatic N) is 2. The molecule has 3 aliphatic heterocycles. The number of fused-ring (bicyclic) bond motifs is 4. The van der Waals surface area contributed by atoms with Crippen LogP contribution >= 0.6 is 0 Å². The molecule has 0 saturated carbocycles. The van der Waals surface area contributed by atoms with Crippen molar-refractivity contribution in [3.8, 4) is 0 Å². The molecule has 3 aliphatic rings. The summed E-state index contributed by atoms with van der Waals surface area (Å²) in [6.07, 6.45) is 24.4. The Morgan fingerprint density at radius 3 is 1.30 bits per heavy atom. The number of allylic oxidation sites excluding steroid dienone is 2. The van der Waals surface area contributed by atoms with Crippen LogP contribution in [0.4, 0.5) is 0 Å². The molecule has 12 nitrogen and oxygen atoms in total. The second-order valence-electron chi connectivity index (χ2n) is 14.3. The van der Waals surface area contributed by atoms with Gasteiger partial charge in [-0.05, 0) is 85.4 Å². The van der Waals surface area contributed by atoms with Gasteiger partial charge in [-0.2, -0.15) is 0 Å². The van der Waals surface area contributed by atoms with E-state index in [4.69, 9.17) is 28.4 Å². The Hall–Kier alpha value is -4.94. The summed E-state index contributed by atoms with van der Waals surface area (Å²) < 4.78 is 35.3. The van der Waals surface area contributed by atoms with E-state index in [1.165, 1.54) is 0 Å². The number of carbonyl (C=O) groups is 4. The fraction of sp³-hybridized carbons (Fsp3) is 0.500. The van der Waals surface area contributed by atoms with Crippen LogP contribution in [0.1, 0.15) is 114 Å². The van der Waals surface area contributed by atoms with Crippen LogP contribution in [0.15, 0.2) is 96.0 Å². The Bertz CT molecular complexity index is 1640. The predicted octanol–water partition coefficient (Wildman–Crippen LogP) is 8.02.